The van der Waals surface area contributed by atoms with E-state index in [0.29, 0.717) is 0 Å². The van der Waals surface area contributed by atoms with Crippen molar-refractivity contribution in [2.45, 2.75) is 18.1 Å². The zero-order chi connectivity index (χ0) is 18.7. The second-order valence-electron chi connectivity index (χ2n) is 5.69. The van der Waals surface area contributed by atoms with Crippen LogP contribution in [-0.4, -0.2) is 30.2 Å². The van der Waals surface area contributed by atoms with Gasteiger partial charge >= 0.3 is 0 Å². The molecule has 0 saturated heterocycles. The van der Waals surface area contributed by atoms with Crippen molar-refractivity contribution in [3.05, 3.63) is 40.6 Å². The fourth-order valence-electron chi connectivity index (χ4n) is 2.77. The van der Waals surface area contributed by atoms with Gasteiger partial charge in [-0.25, -0.2) is 4.98 Å². The molecule has 3 aromatic rings. The molecule has 4 nitrogen and oxygen atoms in total. The fourth-order valence-corrected chi connectivity index (χ4v) is 5.48. The van der Waals surface area contributed by atoms with Crippen molar-refractivity contribution in [2.24, 2.45) is 5.73 Å². The van der Waals surface area contributed by atoms with Crippen molar-refractivity contribution < 1.29 is 0 Å². The summed E-state index contributed by atoms with van der Waals surface area (Å²) >= 11 is 4.86. The molecule has 0 spiro atoms. The first-order valence-corrected chi connectivity index (χ1v) is 11.3. The molecule has 0 aliphatic carbocycles. The number of anilines is 1. The summed E-state index contributed by atoms with van der Waals surface area (Å²) in [6.45, 7) is 6.35. The number of hydrogen-bond donors (Lipinski definition) is 2. The van der Waals surface area contributed by atoms with Gasteiger partial charge in [0.1, 0.15) is 10.8 Å². The molecule has 3 rings (SSSR count). The number of nitrogens with two attached hydrogens (primary N) is 1. The van der Waals surface area contributed by atoms with Crippen LogP contribution in [0.2, 0.25) is 0 Å². The molecule has 0 aliphatic rings. The molecule has 0 bridgehead atoms. The summed E-state index contributed by atoms with van der Waals surface area (Å²) in [6.07, 6.45) is 2.04. The number of nitrogens with one attached hydrogen (secondary N) is 1. The Kier molecular flexibility index (Phi) is 7.73. The number of thioether (sulfide) groups is 1. The van der Waals surface area contributed by atoms with Gasteiger partial charge in [0.25, 0.3) is 0 Å². The molecule has 27 heavy (non-hydrogen) atoms. The van der Waals surface area contributed by atoms with Crippen molar-refractivity contribution in [1.29, 1.82) is 5.41 Å². The summed E-state index contributed by atoms with van der Waals surface area (Å²) in [5, 5.41) is 10.7. The lowest BCUT2D eigenvalue weighted by atomic mass is 10.1. The average Bonchev–Trinajstić information content (AvgIpc) is 3.30. The van der Waals surface area contributed by atoms with Crippen LogP contribution in [0.4, 0.5) is 5.69 Å². The van der Waals surface area contributed by atoms with E-state index in [2.05, 4.69) is 48.4 Å². The number of aromatic nitrogens is 1. The molecule has 3 N–H and O–H groups in total. The first-order chi connectivity index (χ1) is 12.6. The van der Waals surface area contributed by atoms with Crippen LogP contribution < -0.4 is 10.6 Å². The van der Waals surface area contributed by atoms with Crippen LogP contribution in [0.1, 0.15) is 18.7 Å². The molecule has 0 fully saturated rings. The molecule has 2 aromatic heterocycles. The highest BCUT2D eigenvalue weighted by molar-refractivity contribution is 8.00. The summed E-state index contributed by atoms with van der Waals surface area (Å²) < 4.78 is 1.15. The number of amidine groups is 1. The molecular weight excluding hydrogens is 416 g/mol. The van der Waals surface area contributed by atoms with Gasteiger partial charge in [-0.2, -0.15) is 0 Å². The van der Waals surface area contributed by atoms with E-state index < -0.39 is 0 Å². The molecule has 0 radical (unpaired) electrons. The highest BCUT2D eigenvalue weighted by Gasteiger charge is 2.16. The van der Waals surface area contributed by atoms with Gasteiger partial charge in [0.2, 0.25) is 0 Å². The molecule has 0 saturated carbocycles. The standard InChI is InChI=1S/C19H22N4S3.ClH/c1-4-23(5-2)13-8-6-12(7-9-13)15-11-25-18(22-15)14-10-16(17(20)21)26-19(14)24-3;/h6-11H,4-5H2,1-3H3,(H3,20,21);1H. The Bertz CT molecular complexity index is 898. The Morgan fingerprint density at radius 3 is 2.44 bits per heavy atom. The van der Waals surface area contributed by atoms with E-state index in [4.69, 9.17) is 16.1 Å². The van der Waals surface area contributed by atoms with Gasteiger partial charge in [-0.1, -0.05) is 12.1 Å². The molecule has 0 amide bonds. The molecular formula is C19H23ClN4S3. The predicted molar refractivity (Wildman–Crippen MR) is 124 cm³/mol. The van der Waals surface area contributed by atoms with Crippen LogP contribution in [0.15, 0.2) is 39.9 Å². The summed E-state index contributed by atoms with van der Waals surface area (Å²) in [5.41, 5.74) is 10.1. The lowest BCUT2D eigenvalue weighted by Gasteiger charge is -2.20. The average molecular weight is 439 g/mol. The number of benzene rings is 1. The van der Waals surface area contributed by atoms with E-state index >= 15 is 0 Å². The van der Waals surface area contributed by atoms with Crippen molar-refractivity contribution in [3.63, 3.8) is 0 Å². The van der Waals surface area contributed by atoms with Crippen molar-refractivity contribution in [3.8, 4) is 21.8 Å². The van der Waals surface area contributed by atoms with Crippen LogP contribution in [0.3, 0.4) is 0 Å². The quantitative estimate of drug-likeness (QED) is 0.277. The van der Waals surface area contributed by atoms with Gasteiger partial charge in [-0.05, 0) is 38.3 Å². The molecule has 1 aromatic carbocycles. The van der Waals surface area contributed by atoms with Crippen LogP contribution in [0.5, 0.6) is 0 Å². The zero-order valence-electron chi connectivity index (χ0n) is 15.5. The summed E-state index contributed by atoms with van der Waals surface area (Å²) in [6, 6.07) is 10.6. The second kappa shape index (κ2) is 9.59. The van der Waals surface area contributed by atoms with Crippen molar-refractivity contribution in [2.75, 3.05) is 24.2 Å². The largest absolute Gasteiger partial charge is 0.383 e. The number of nitrogen functional groups attached to an aromatic ring is 1. The topological polar surface area (TPSA) is 66.0 Å². The summed E-state index contributed by atoms with van der Waals surface area (Å²) in [5.74, 6) is 0.111. The van der Waals surface area contributed by atoms with Gasteiger partial charge < -0.3 is 10.6 Å². The van der Waals surface area contributed by atoms with Crippen molar-refractivity contribution >= 4 is 58.4 Å². The van der Waals surface area contributed by atoms with E-state index in [-0.39, 0.29) is 18.2 Å². The van der Waals surface area contributed by atoms with E-state index in [9.17, 15) is 0 Å². The molecule has 0 atom stereocenters. The van der Waals surface area contributed by atoms with Gasteiger partial charge in [0, 0.05) is 35.3 Å². The number of thiazole rings is 1. The number of hydrogen-bond acceptors (Lipinski definition) is 6. The van der Waals surface area contributed by atoms with Crippen LogP contribution in [0, 0.1) is 5.41 Å². The molecule has 8 heteroatoms. The van der Waals surface area contributed by atoms with Crippen LogP contribution >= 0.6 is 46.8 Å². The smallest absolute Gasteiger partial charge is 0.133 e. The lowest BCUT2D eigenvalue weighted by molar-refractivity contribution is 0.866. The summed E-state index contributed by atoms with van der Waals surface area (Å²) in [4.78, 5) is 7.96. The number of thiophene rings is 1. The maximum absolute atomic E-state index is 7.67. The van der Waals surface area contributed by atoms with Gasteiger partial charge in [0.15, 0.2) is 0 Å². The third-order valence-electron chi connectivity index (χ3n) is 4.18. The second-order valence-corrected chi connectivity index (χ2v) is 8.67. The van der Waals surface area contributed by atoms with E-state index in [1.807, 2.05) is 12.3 Å². The maximum Gasteiger partial charge on any atom is 0.133 e. The molecule has 0 unspecified atom stereocenters. The van der Waals surface area contributed by atoms with E-state index in [1.165, 1.54) is 5.69 Å². The number of rotatable bonds is 7. The summed E-state index contributed by atoms with van der Waals surface area (Å²) in [7, 11) is 0. The van der Waals surface area contributed by atoms with Crippen molar-refractivity contribution in [1.82, 2.24) is 4.98 Å². The Labute approximate surface area is 178 Å². The first-order valence-electron chi connectivity index (χ1n) is 8.40. The third-order valence-corrected chi connectivity index (χ3v) is 7.35. The minimum absolute atomic E-state index is 0. The number of nitrogens with zero attached hydrogens (tertiary/aromatic N) is 2. The monoisotopic (exact) mass is 438 g/mol. The van der Waals surface area contributed by atoms with E-state index in [1.54, 1.807) is 34.4 Å². The Balaban J connectivity index is 0.00000261. The minimum Gasteiger partial charge on any atom is -0.383 e. The lowest BCUT2D eigenvalue weighted by Crippen LogP contribution is -2.21. The van der Waals surface area contributed by atoms with Gasteiger partial charge in [0.05, 0.1) is 14.8 Å². The maximum atomic E-state index is 7.67. The fraction of sp³-hybridized carbons (Fsp3) is 0.263. The van der Waals surface area contributed by atoms with E-state index in [0.717, 1.165) is 44.0 Å². The molecule has 144 valence electrons. The highest BCUT2D eigenvalue weighted by atomic mass is 35.5. The SMILES string of the molecule is CCN(CC)c1ccc(-c2csc(-c3cc(C(=N)N)sc3SC)n2)cc1.Cl. The Hall–Kier alpha value is -1.54. The first kappa shape index (κ1) is 21.8. The zero-order valence-corrected chi connectivity index (χ0v) is 18.7. The minimum atomic E-state index is 0. The van der Waals surface area contributed by atoms with Crippen LogP contribution in [-0.2, 0) is 0 Å². The molecule has 0 aliphatic heterocycles. The molecule has 2 heterocycles. The van der Waals surface area contributed by atoms with Crippen LogP contribution in [0.25, 0.3) is 21.8 Å². The normalized spacial score (nSPS) is 10.5. The number of halogens is 1. The van der Waals surface area contributed by atoms with Gasteiger partial charge in [-0.15, -0.1) is 46.8 Å². The highest BCUT2D eigenvalue weighted by Crippen LogP contribution is 2.40. The van der Waals surface area contributed by atoms with Gasteiger partial charge in [-0.3, -0.25) is 5.41 Å². The predicted octanol–water partition coefficient (Wildman–Crippen LogP) is 5.81. The Morgan fingerprint density at radius 1 is 1.22 bits per heavy atom. The Morgan fingerprint density at radius 2 is 1.89 bits per heavy atom. The third kappa shape index (κ3) is 4.66.